The third kappa shape index (κ3) is 4.53. The smallest absolute Gasteiger partial charge is 0.201 e. The zero-order valence-corrected chi connectivity index (χ0v) is 16.5. The molecule has 0 atom stereocenters. The van der Waals surface area contributed by atoms with Gasteiger partial charge in [-0.1, -0.05) is 49.1 Å². The Morgan fingerprint density at radius 2 is 1.55 bits per heavy atom. The van der Waals surface area contributed by atoms with E-state index in [1.165, 1.54) is 24.3 Å². The minimum absolute atomic E-state index is 0.0565. The van der Waals surface area contributed by atoms with E-state index in [1.54, 1.807) is 18.2 Å². The summed E-state index contributed by atoms with van der Waals surface area (Å²) >= 11 is 0. The van der Waals surface area contributed by atoms with Crippen molar-refractivity contribution in [3.63, 3.8) is 0 Å². The van der Waals surface area contributed by atoms with Crippen LogP contribution in [0.2, 0.25) is 0 Å². The Kier molecular flexibility index (Phi) is 6.90. The molecule has 0 aliphatic rings. The first-order valence-corrected chi connectivity index (χ1v) is 9.48. The van der Waals surface area contributed by atoms with Crippen molar-refractivity contribution in [3.8, 4) is 5.75 Å². The summed E-state index contributed by atoms with van der Waals surface area (Å²) in [5.74, 6) is -7.62. The second-order valence-corrected chi connectivity index (χ2v) is 6.78. The van der Waals surface area contributed by atoms with Crippen LogP contribution in [0.5, 0.6) is 5.75 Å². The molecule has 6 heteroatoms. The van der Waals surface area contributed by atoms with E-state index in [1.807, 2.05) is 0 Å². The minimum atomic E-state index is -1.55. The van der Waals surface area contributed by atoms with Gasteiger partial charge in [0.2, 0.25) is 5.82 Å². The summed E-state index contributed by atoms with van der Waals surface area (Å²) in [4.78, 5) is 0. The molecule has 0 bridgehead atoms. The molecule has 3 aromatic carbocycles. The number of hydrogen-bond donors (Lipinski definition) is 0. The second-order valence-electron chi connectivity index (χ2n) is 6.78. The van der Waals surface area contributed by atoms with Crippen LogP contribution < -0.4 is 4.74 Å². The maximum absolute atomic E-state index is 14.9. The van der Waals surface area contributed by atoms with Gasteiger partial charge in [0.25, 0.3) is 0 Å². The number of benzene rings is 3. The molecule has 0 fully saturated rings. The van der Waals surface area contributed by atoms with Crippen LogP contribution in [0, 0.1) is 17.5 Å². The number of aryl methyl sites for hydroxylation is 1. The van der Waals surface area contributed by atoms with Gasteiger partial charge in [-0.25, -0.2) is 17.6 Å². The number of halogens is 5. The van der Waals surface area contributed by atoms with Gasteiger partial charge in [0.15, 0.2) is 23.2 Å². The highest BCUT2D eigenvalue weighted by molar-refractivity contribution is 5.91. The summed E-state index contributed by atoms with van der Waals surface area (Å²) in [5.41, 5.74) is -0.00117. The normalized spacial score (nSPS) is 11.9. The first-order chi connectivity index (χ1) is 14.9. The quantitative estimate of drug-likeness (QED) is 0.202. The van der Waals surface area contributed by atoms with Gasteiger partial charge in [-0.3, -0.25) is 0 Å². The fourth-order valence-electron chi connectivity index (χ4n) is 3.11. The Morgan fingerprint density at radius 1 is 0.839 bits per heavy atom. The van der Waals surface area contributed by atoms with Crippen molar-refractivity contribution >= 4 is 22.4 Å². The SMILES string of the molecule is C=CCCc1ccc(C(F)=C(F)c2ccc3cc(OCC=C)c(F)c(F)c3c2F)cc1. The van der Waals surface area contributed by atoms with E-state index in [-0.39, 0.29) is 17.6 Å². The lowest BCUT2D eigenvalue weighted by atomic mass is 10.0. The van der Waals surface area contributed by atoms with Gasteiger partial charge in [-0.05, 0) is 35.9 Å². The van der Waals surface area contributed by atoms with Gasteiger partial charge in [0.1, 0.15) is 12.4 Å². The molecule has 0 heterocycles. The molecule has 0 spiro atoms. The van der Waals surface area contributed by atoms with Gasteiger partial charge in [-0.2, -0.15) is 4.39 Å². The fourth-order valence-corrected chi connectivity index (χ4v) is 3.11. The summed E-state index contributed by atoms with van der Waals surface area (Å²) in [7, 11) is 0. The lowest BCUT2D eigenvalue weighted by molar-refractivity contribution is 0.334. The van der Waals surface area contributed by atoms with E-state index in [4.69, 9.17) is 4.74 Å². The molecule has 0 N–H and O–H groups in total. The monoisotopic (exact) mass is 430 g/mol. The average molecular weight is 430 g/mol. The van der Waals surface area contributed by atoms with Crippen molar-refractivity contribution in [2.24, 2.45) is 0 Å². The van der Waals surface area contributed by atoms with Crippen LogP contribution in [0.25, 0.3) is 22.4 Å². The predicted octanol–water partition coefficient (Wildman–Crippen LogP) is 7.71. The Hall–Kier alpha value is -3.41. The summed E-state index contributed by atoms with van der Waals surface area (Å²) in [6.07, 6.45) is 4.50. The van der Waals surface area contributed by atoms with Crippen LogP contribution in [0.15, 0.2) is 67.8 Å². The van der Waals surface area contributed by atoms with E-state index < -0.39 is 45.8 Å². The van der Waals surface area contributed by atoms with Crippen LogP contribution in [-0.2, 0) is 6.42 Å². The van der Waals surface area contributed by atoms with Crippen molar-refractivity contribution in [2.45, 2.75) is 12.8 Å². The van der Waals surface area contributed by atoms with E-state index >= 15 is 0 Å². The second kappa shape index (κ2) is 9.60. The van der Waals surface area contributed by atoms with Crippen molar-refractivity contribution in [3.05, 3.63) is 102 Å². The number of rotatable bonds is 8. The molecule has 160 valence electrons. The largest absolute Gasteiger partial charge is 0.486 e. The van der Waals surface area contributed by atoms with Crippen molar-refractivity contribution in [1.29, 1.82) is 0 Å². The molecule has 0 saturated heterocycles. The summed E-state index contributed by atoms with van der Waals surface area (Å²) in [6, 6.07) is 9.22. The summed E-state index contributed by atoms with van der Waals surface area (Å²) in [6.45, 7) is 6.95. The predicted molar refractivity (Wildman–Crippen MR) is 114 cm³/mol. The van der Waals surface area contributed by atoms with E-state index in [0.717, 1.165) is 24.1 Å². The average Bonchev–Trinajstić information content (AvgIpc) is 2.78. The number of ether oxygens (including phenoxy) is 1. The molecular formula is C25H19F5O. The molecule has 0 aromatic heterocycles. The Bertz CT molecular complexity index is 1160. The third-order valence-electron chi connectivity index (χ3n) is 4.72. The molecule has 0 radical (unpaired) electrons. The van der Waals surface area contributed by atoms with E-state index in [9.17, 15) is 22.0 Å². The van der Waals surface area contributed by atoms with Gasteiger partial charge >= 0.3 is 0 Å². The summed E-state index contributed by atoms with van der Waals surface area (Å²) < 4.78 is 78.1. The molecule has 1 nitrogen and oxygen atoms in total. The molecule has 0 unspecified atom stereocenters. The molecule has 31 heavy (non-hydrogen) atoms. The molecule has 0 amide bonds. The molecule has 0 aliphatic carbocycles. The third-order valence-corrected chi connectivity index (χ3v) is 4.72. The van der Waals surface area contributed by atoms with Crippen molar-refractivity contribution in [1.82, 2.24) is 0 Å². The van der Waals surface area contributed by atoms with E-state index in [2.05, 4.69) is 13.2 Å². The molecule has 3 rings (SSSR count). The standard InChI is InChI=1S/C25H19F5O/c1-3-5-6-15-7-9-16(10-8-15)21(26)23(28)18-12-11-17-14-19(31-13-4-2)24(29)25(30)20(17)22(18)27/h3-4,7-12,14H,1-2,5-6,13H2. The first-order valence-electron chi connectivity index (χ1n) is 9.48. The lowest BCUT2D eigenvalue weighted by Crippen LogP contribution is -2.01. The molecular weight excluding hydrogens is 411 g/mol. The highest BCUT2D eigenvalue weighted by Crippen LogP contribution is 2.36. The van der Waals surface area contributed by atoms with Gasteiger partial charge < -0.3 is 4.74 Å². The van der Waals surface area contributed by atoms with Gasteiger partial charge in [-0.15, -0.1) is 6.58 Å². The lowest BCUT2D eigenvalue weighted by Gasteiger charge is -2.11. The number of allylic oxidation sites excluding steroid dienone is 1. The first kappa shape index (κ1) is 22.3. The van der Waals surface area contributed by atoms with Crippen molar-refractivity contribution < 1.29 is 26.7 Å². The van der Waals surface area contributed by atoms with Crippen molar-refractivity contribution in [2.75, 3.05) is 6.61 Å². The van der Waals surface area contributed by atoms with Crippen LogP contribution in [0.1, 0.15) is 23.1 Å². The maximum Gasteiger partial charge on any atom is 0.201 e. The van der Waals surface area contributed by atoms with Crippen LogP contribution >= 0.6 is 0 Å². The Balaban J connectivity index is 2.05. The number of hydrogen-bond acceptors (Lipinski definition) is 1. The van der Waals surface area contributed by atoms with Crippen LogP contribution in [-0.4, -0.2) is 6.61 Å². The minimum Gasteiger partial charge on any atom is -0.486 e. The zero-order chi connectivity index (χ0) is 22.5. The summed E-state index contributed by atoms with van der Waals surface area (Å²) in [5, 5.41) is -0.845. The van der Waals surface area contributed by atoms with E-state index in [0.29, 0.717) is 6.42 Å². The molecule has 0 aliphatic heterocycles. The zero-order valence-electron chi connectivity index (χ0n) is 16.5. The van der Waals surface area contributed by atoms with Gasteiger partial charge in [0, 0.05) is 11.1 Å². The Morgan fingerprint density at radius 3 is 2.19 bits per heavy atom. The van der Waals surface area contributed by atoms with Gasteiger partial charge in [0.05, 0.1) is 5.39 Å². The Labute approximate surface area is 176 Å². The molecule has 0 saturated carbocycles. The number of fused-ring (bicyclic) bond motifs is 1. The molecule has 3 aromatic rings. The van der Waals surface area contributed by atoms with Crippen LogP contribution in [0.3, 0.4) is 0 Å². The highest BCUT2D eigenvalue weighted by atomic mass is 19.2. The maximum atomic E-state index is 14.9. The highest BCUT2D eigenvalue weighted by Gasteiger charge is 2.23. The fraction of sp³-hybridized carbons (Fsp3) is 0.120. The van der Waals surface area contributed by atoms with Crippen LogP contribution in [0.4, 0.5) is 22.0 Å². The topological polar surface area (TPSA) is 9.23 Å².